The Hall–Kier alpha value is -2.60. The van der Waals surface area contributed by atoms with Crippen LogP contribution in [0.15, 0.2) is 48.7 Å². The van der Waals surface area contributed by atoms with E-state index >= 15 is 0 Å². The molecule has 1 atom stereocenters. The monoisotopic (exact) mass is 342 g/mol. The van der Waals surface area contributed by atoms with Gasteiger partial charge in [-0.15, -0.1) is 0 Å². The van der Waals surface area contributed by atoms with Crippen LogP contribution in [0.2, 0.25) is 0 Å². The number of carbonyl (C=O) groups excluding carboxylic acids is 1. The molecule has 1 fully saturated rings. The first kappa shape index (κ1) is 17.2. The molecule has 3 rings (SSSR count). The topological polar surface area (TPSA) is 80.7 Å². The van der Waals surface area contributed by atoms with Gasteiger partial charge in [-0.2, -0.15) is 0 Å². The largest absolute Gasteiger partial charge is 0.484 e. The average Bonchev–Trinajstić information content (AvgIpc) is 2.63. The molecule has 1 aliphatic rings. The lowest BCUT2D eigenvalue weighted by Gasteiger charge is -2.38. The molecule has 1 aliphatic carbocycles. The molecule has 0 radical (unpaired) electrons. The molecule has 0 unspecified atom stereocenters. The number of ether oxygens (including phenoxy) is 2. The Morgan fingerprint density at radius 1 is 1.28 bits per heavy atom. The van der Waals surface area contributed by atoms with Crippen molar-refractivity contribution in [3.8, 4) is 11.6 Å². The lowest BCUT2D eigenvalue weighted by Crippen LogP contribution is -2.42. The first-order chi connectivity index (χ1) is 12.2. The van der Waals surface area contributed by atoms with Crippen LogP contribution >= 0.6 is 0 Å². The minimum atomic E-state index is -0.295. The molecule has 0 aliphatic heterocycles. The van der Waals surface area contributed by atoms with Crippen LogP contribution < -0.4 is 14.8 Å². The summed E-state index contributed by atoms with van der Waals surface area (Å²) < 4.78 is 10.6. The number of para-hydroxylation sites is 1. The standard InChI is InChI=1S/C19H22N2O4/c1-24-18-8-7-13(11-20-18)19(14-9-15(22)10-14)21-17(23)12-25-16-5-3-2-4-6-16/h2-8,11,14-15,19,22H,9-10,12H2,1H3,(H,21,23)/t14?,15?,19-/m1/s1. The molecule has 0 bridgehead atoms. The highest BCUT2D eigenvalue weighted by Crippen LogP contribution is 2.38. The second kappa shape index (κ2) is 7.98. The van der Waals surface area contributed by atoms with Crippen molar-refractivity contribution in [1.29, 1.82) is 0 Å². The van der Waals surface area contributed by atoms with Crippen molar-refractivity contribution in [2.24, 2.45) is 5.92 Å². The van der Waals surface area contributed by atoms with Crippen LogP contribution in [0.4, 0.5) is 0 Å². The highest BCUT2D eigenvalue weighted by atomic mass is 16.5. The van der Waals surface area contributed by atoms with Crippen molar-refractivity contribution in [1.82, 2.24) is 10.3 Å². The van der Waals surface area contributed by atoms with Crippen molar-refractivity contribution in [3.05, 3.63) is 54.2 Å². The maximum Gasteiger partial charge on any atom is 0.258 e. The number of pyridine rings is 1. The van der Waals surface area contributed by atoms with Crippen LogP contribution in [-0.2, 0) is 4.79 Å². The number of nitrogens with zero attached hydrogens (tertiary/aromatic N) is 1. The molecule has 25 heavy (non-hydrogen) atoms. The second-order valence-corrected chi connectivity index (χ2v) is 6.17. The van der Waals surface area contributed by atoms with E-state index in [2.05, 4.69) is 10.3 Å². The summed E-state index contributed by atoms with van der Waals surface area (Å²) in [5, 5.41) is 12.6. The number of amides is 1. The number of aromatic nitrogens is 1. The lowest BCUT2D eigenvalue weighted by atomic mass is 9.75. The van der Waals surface area contributed by atoms with Gasteiger partial charge in [-0.25, -0.2) is 4.98 Å². The Labute approximate surface area is 146 Å². The number of benzene rings is 1. The molecular formula is C19H22N2O4. The summed E-state index contributed by atoms with van der Waals surface area (Å²) in [6.45, 7) is -0.0562. The third-order valence-electron chi connectivity index (χ3n) is 4.38. The van der Waals surface area contributed by atoms with E-state index in [1.165, 1.54) is 0 Å². The SMILES string of the molecule is COc1ccc([C@@H](NC(=O)COc2ccccc2)C2CC(O)C2)cn1. The van der Waals surface area contributed by atoms with Gasteiger partial charge >= 0.3 is 0 Å². The molecule has 2 N–H and O–H groups in total. The fourth-order valence-corrected chi connectivity index (χ4v) is 2.95. The first-order valence-electron chi connectivity index (χ1n) is 8.31. The molecule has 1 heterocycles. The van der Waals surface area contributed by atoms with E-state index in [1.807, 2.05) is 24.3 Å². The number of aliphatic hydroxyl groups is 1. The number of hydrogen-bond acceptors (Lipinski definition) is 5. The van der Waals surface area contributed by atoms with Gasteiger partial charge < -0.3 is 19.9 Å². The van der Waals surface area contributed by atoms with Crippen molar-refractivity contribution in [2.75, 3.05) is 13.7 Å². The maximum atomic E-state index is 12.3. The third kappa shape index (κ3) is 4.48. The van der Waals surface area contributed by atoms with Gasteiger partial charge in [0.15, 0.2) is 6.61 Å². The fraction of sp³-hybridized carbons (Fsp3) is 0.368. The van der Waals surface area contributed by atoms with Crippen molar-refractivity contribution in [3.63, 3.8) is 0 Å². The van der Waals surface area contributed by atoms with Gasteiger partial charge in [-0.05, 0) is 36.5 Å². The van der Waals surface area contributed by atoms with E-state index in [-0.39, 0.29) is 30.6 Å². The van der Waals surface area contributed by atoms with Crippen LogP contribution in [0.3, 0.4) is 0 Å². The normalized spacial score (nSPS) is 20.2. The number of rotatable bonds is 7. The van der Waals surface area contributed by atoms with Gasteiger partial charge in [0.2, 0.25) is 5.88 Å². The van der Waals surface area contributed by atoms with E-state index in [0.29, 0.717) is 24.5 Å². The van der Waals surface area contributed by atoms with Gasteiger partial charge in [-0.1, -0.05) is 24.3 Å². The van der Waals surface area contributed by atoms with Gasteiger partial charge in [0.25, 0.3) is 5.91 Å². The van der Waals surface area contributed by atoms with Gasteiger partial charge in [-0.3, -0.25) is 4.79 Å². The zero-order valence-electron chi connectivity index (χ0n) is 14.1. The predicted octanol–water partition coefficient (Wildman–Crippen LogP) is 2.10. The fourth-order valence-electron chi connectivity index (χ4n) is 2.95. The average molecular weight is 342 g/mol. The van der Waals surface area contributed by atoms with Gasteiger partial charge in [0.05, 0.1) is 19.3 Å². The van der Waals surface area contributed by atoms with Gasteiger partial charge in [0, 0.05) is 12.3 Å². The van der Waals surface area contributed by atoms with Crippen LogP contribution in [0.25, 0.3) is 0 Å². The quantitative estimate of drug-likeness (QED) is 0.805. The summed E-state index contributed by atoms with van der Waals surface area (Å²) in [6, 6.07) is 12.7. The number of methoxy groups -OCH3 is 1. The zero-order chi connectivity index (χ0) is 17.6. The molecule has 1 aromatic carbocycles. The summed E-state index contributed by atoms with van der Waals surface area (Å²) >= 11 is 0. The van der Waals surface area contributed by atoms with Crippen LogP contribution in [-0.4, -0.2) is 35.8 Å². The highest BCUT2D eigenvalue weighted by Gasteiger charge is 2.35. The molecule has 6 nitrogen and oxygen atoms in total. The Morgan fingerprint density at radius 3 is 2.64 bits per heavy atom. The predicted molar refractivity (Wildman–Crippen MR) is 92.3 cm³/mol. The lowest BCUT2D eigenvalue weighted by molar-refractivity contribution is -0.125. The molecule has 1 amide bonds. The van der Waals surface area contributed by atoms with E-state index in [9.17, 15) is 9.90 Å². The Morgan fingerprint density at radius 2 is 2.04 bits per heavy atom. The minimum Gasteiger partial charge on any atom is -0.484 e. The maximum absolute atomic E-state index is 12.3. The van der Waals surface area contributed by atoms with Crippen molar-refractivity contribution >= 4 is 5.91 Å². The molecule has 132 valence electrons. The van der Waals surface area contributed by atoms with E-state index in [0.717, 1.165) is 5.56 Å². The van der Waals surface area contributed by atoms with Crippen LogP contribution in [0, 0.1) is 5.92 Å². The number of nitrogens with one attached hydrogen (secondary N) is 1. The van der Waals surface area contributed by atoms with Crippen molar-refractivity contribution < 1.29 is 19.4 Å². The number of carbonyl (C=O) groups is 1. The highest BCUT2D eigenvalue weighted by molar-refractivity contribution is 5.78. The molecule has 0 saturated heterocycles. The van der Waals surface area contributed by atoms with E-state index in [1.54, 1.807) is 31.5 Å². The smallest absolute Gasteiger partial charge is 0.258 e. The summed E-state index contributed by atoms with van der Waals surface area (Å²) in [5.41, 5.74) is 0.894. The second-order valence-electron chi connectivity index (χ2n) is 6.17. The van der Waals surface area contributed by atoms with Crippen LogP contribution in [0.1, 0.15) is 24.4 Å². The number of hydrogen-bond donors (Lipinski definition) is 2. The third-order valence-corrected chi connectivity index (χ3v) is 4.38. The molecule has 6 heteroatoms. The summed E-state index contributed by atoms with van der Waals surface area (Å²) in [6.07, 6.45) is 2.73. The van der Waals surface area contributed by atoms with Gasteiger partial charge in [0.1, 0.15) is 5.75 Å². The number of aliphatic hydroxyl groups excluding tert-OH is 1. The molecule has 0 spiro atoms. The molecular weight excluding hydrogens is 320 g/mol. The Balaban J connectivity index is 1.63. The summed E-state index contributed by atoms with van der Waals surface area (Å²) in [7, 11) is 1.56. The Bertz CT molecular complexity index is 684. The minimum absolute atomic E-state index is 0.0562. The summed E-state index contributed by atoms with van der Waals surface area (Å²) in [5.74, 6) is 1.16. The first-order valence-corrected chi connectivity index (χ1v) is 8.31. The zero-order valence-corrected chi connectivity index (χ0v) is 14.1. The summed E-state index contributed by atoms with van der Waals surface area (Å²) in [4.78, 5) is 16.5. The van der Waals surface area contributed by atoms with E-state index < -0.39 is 0 Å². The van der Waals surface area contributed by atoms with Crippen molar-refractivity contribution in [2.45, 2.75) is 25.0 Å². The van der Waals surface area contributed by atoms with E-state index in [4.69, 9.17) is 9.47 Å². The van der Waals surface area contributed by atoms with Crippen LogP contribution in [0.5, 0.6) is 11.6 Å². The molecule has 1 saturated carbocycles. The Kier molecular flexibility index (Phi) is 5.50. The molecule has 1 aromatic heterocycles. The molecule has 2 aromatic rings.